The monoisotopic (exact) mass is 281 g/mol. The van der Waals surface area contributed by atoms with Crippen LogP contribution in [0.25, 0.3) is 0 Å². The molecule has 0 fully saturated rings. The van der Waals surface area contributed by atoms with E-state index in [0.29, 0.717) is 0 Å². The lowest BCUT2D eigenvalue weighted by Gasteiger charge is -2.22. The molecule has 0 aliphatic rings. The highest BCUT2D eigenvalue weighted by molar-refractivity contribution is 6.30. The molecule has 1 rings (SSSR count). The molecule has 0 unspecified atom stereocenters. The van der Waals surface area contributed by atoms with Crippen molar-refractivity contribution in [2.75, 3.05) is 6.61 Å². The first-order valence-electron chi connectivity index (χ1n) is 5.06. The van der Waals surface area contributed by atoms with Crippen LogP contribution in [-0.4, -0.2) is 18.5 Å². The van der Waals surface area contributed by atoms with E-state index in [-0.39, 0.29) is 17.2 Å². The molecule has 1 aromatic rings. The van der Waals surface area contributed by atoms with Crippen molar-refractivity contribution < 1.29 is 22.7 Å². The van der Waals surface area contributed by atoms with E-state index in [0.717, 1.165) is 18.2 Å². The Morgan fingerprint density at radius 2 is 2.17 bits per heavy atom. The first-order valence-corrected chi connectivity index (χ1v) is 5.44. The molecule has 7 heteroatoms. The van der Waals surface area contributed by atoms with Gasteiger partial charge in [-0.15, -0.1) is 0 Å². The highest BCUT2D eigenvalue weighted by Gasteiger charge is 2.47. The number of halogens is 4. The number of nitrogens with two attached hydrogens (primary N) is 1. The van der Waals surface area contributed by atoms with Gasteiger partial charge in [0.25, 0.3) is 0 Å². The maximum Gasteiger partial charge on any atom is 0.379 e. The molecule has 0 saturated heterocycles. The highest BCUT2D eigenvalue weighted by atomic mass is 35.5. The molecule has 0 amide bonds. The van der Waals surface area contributed by atoms with E-state index < -0.39 is 23.8 Å². The van der Waals surface area contributed by atoms with Gasteiger partial charge in [-0.25, -0.2) is 9.18 Å². The third-order valence-electron chi connectivity index (χ3n) is 2.24. The van der Waals surface area contributed by atoms with Crippen molar-refractivity contribution in [3.05, 3.63) is 34.6 Å². The molecule has 0 aliphatic heterocycles. The van der Waals surface area contributed by atoms with Gasteiger partial charge >= 0.3 is 11.9 Å². The van der Waals surface area contributed by atoms with E-state index in [2.05, 4.69) is 4.74 Å². The SMILES string of the molecule is CCOC(=O)C(F)(F)[C@H](N)c1ccc(F)c(Cl)c1. The molecule has 0 spiro atoms. The van der Waals surface area contributed by atoms with Crippen molar-refractivity contribution in [2.45, 2.75) is 18.9 Å². The van der Waals surface area contributed by atoms with Gasteiger partial charge in [0.05, 0.1) is 11.6 Å². The van der Waals surface area contributed by atoms with Crippen LogP contribution in [0.1, 0.15) is 18.5 Å². The summed E-state index contributed by atoms with van der Waals surface area (Å²) in [5.41, 5.74) is 5.14. The fourth-order valence-electron chi connectivity index (χ4n) is 1.27. The molecule has 18 heavy (non-hydrogen) atoms. The molecule has 1 aromatic carbocycles. The Kier molecular flexibility index (Phi) is 4.59. The minimum absolute atomic E-state index is 0.153. The van der Waals surface area contributed by atoms with Gasteiger partial charge < -0.3 is 10.5 Å². The van der Waals surface area contributed by atoms with E-state index in [1.54, 1.807) is 0 Å². The molecule has 0 heterocycles. The molecular weight excluding hydrogens is 271 g/mol. The standard InChI is InChI=1S/C11H11ClF3NO2/c1-2-18-10(17)11(14,15)9(16)6-3-4-8(13)7(12)5-6/h3-5,9H,2,16H2,1H3/t9-/m1/s1. The van der Waals surface area contributed by atoms with Gasteiger partial charge in [-0.1, -0.05) is 17.7 Å². The van der Waals surface area contributed by atoms with Crippen molar-refractivity contribution in [3.63, 3.8) is 0 Å². The van der Waals surface area contributed by atoms with Gasteiger partial charge in [-0.05, 0) is 24.6 Å². The van der Waals surface area contributed by atoms with Crippen molar-refractivity contribution >= 4 is 17.6 Å². The van der Waals surface area contributed by atoms with Crippen molar-refractivity contribution in [1.29, 1.82) is 0 Å². The number of esters is 1. The number of ether oxygens (including phenoxy) is 1. The lowest BCUT2D eigenvalue weighted by atomic mass is 10.0. The number of rotatable bonds is 4. The fraction of sp³-hybridized carbons (Fsp3) is 0.364. The summed E-state index contributed by atoms with van der Waals surface area (Å²) in [6.07, 6.45) is 0. The van der Waals surface area contributed by atoms with Crippen LogP contribution in [0.4, 0.5) is 13.2 Å². The molecular formula is C11H11ClF3NO2. The van der Waals surface area contributed by atoms with Gasteiger partial charge in [0.15, 0.2) is 0 Å². The quantitative estimate of drug-likeness (QED) is 0.863. The normalized spacial score (nSPS) is 13.2. The number of alkyl halides is 2. The van der Waals surface area contributed by atoms with E-state index in [1.165, 1.54) is 6.92 Å². The van der Waals surface area contributed by atoms with E-state index >= 15 is 0 Å². The van der Waals surface area contributed by atoms with E-state index in [1.807, 2.05) is 0 Å². The van der Waals surface area contributed by atoms with E-state index in [4.69, 9.17) is 17.3 Å². The van der Waals surface area contributed by atoms with E-state index in [9.17, 15) is 18.0 Å². The predicted molar refractivity (Wildman–Crippen MR) is 59.9 cm³/mol. The summed E-state index contributed by atoms with van der Waals surface area (Å²) < 4.78 is 44.3. The van der Waals surface area contributed by atoms with Gasteiger partial charge in [-0.2, -0.15) is 8.78 Å². The van der Waals surface area contributed by atoms with Crippen LogP contribution >= 0.6 is 11.6 Å². The Morgan fingerprint density at radius 3 is 2.67 bits per heavy atom. The Morgan fingerprint density at radius 1 is 1.56 bits per heavy atom. The van der Waals surface area contributed by atoms with Crippen molar-refractivity contribution in [3.8, 4) is 0 Å². The minimum atomic E-state index is -3.91. The summed E-state index contributed by atoms with van der Waals surface area (Å²) in [7, 11) is 0. The van der Waals surface area contributed by atoms with Crippen molar-refractivity contribution in [2.24, 2.45) is 5.73 Å². The van der Waals surface area contributed by atoms with Crippen LogP contribution in [0.2, 0.25) is 5.02 Å². The lowest BCUT2D eigenvalue weighted by molar-refractivity contribution is -0.174. The maximum atomic E-state index is 13.6. The maximum absolute atomic E-state index is 13.6. The molecule has 0 bridgehead atoms. The second-order valence-corrected chi connectivity index (χ2v) is 3.90. The fourth-order valence-corrected chi connectivity index (χ4v) is 1.46. The second-order valence-electron chi connectivity index (χ2n) is 3.49. The topological polar surface area (TPSA) is 52.3 Å². The van der Waals surface area contributed by atoms with Crippen LogP contribution in [-0.2, 0) is 9.53 Å². The van der Waals surface area contributed by atoms with Crippen LogP contribution in [0.3, 0.4) is 0 Å². The molecule has 1 atom stereocenters. The number of benzene rings is 1. The molecule has 0 aromatic heterocycles. The molecule has 2 N–H and O–H groups in total. The Hall–Kier alpha value is -1.27. The third-order valence-corrected chi connectivity index (χ3v) is 2.53. The summed E-state index contributed by atoms with van der Waals surface area (Å²) in [5.74, 6) is -6.39. The van der Waals surface area contributed by atoms with Gasteiger partial charge in [0, 0.05) is 0 Å². The molecule has 0 saturated carbocycles. The first-order chi connectivity index (χ1) is 8.30. The number of hydrogen-bond acceptors (Lipinski definition) is 3. The average Bonchev–Trinajstić information content (AvgIpc) is 2.32. The predicted octanol–water partition coefficient (Wildman–Crippen LogP) is 2.68. The summed E-state index contributed by atoms with van der Waals surface area (Å²) in [4.78, 5) is 11.1. The highest BCUT2D eigenvalue weighted by Crippen LogP contribution is 2.32. The first kappa shape index (κ1) is 14.8. The number of carbonyl (C=O) groups excluding carboxylic acids is 1. The van der Waals surface area contributed by atoms with Crippen LogP contribution in [0.5, 0.6) is 0 Å². The largest absolute Gasteiger partial charge is 0.462 e. The smallest absolute Gasteiger partial charge is 0.379 e. The summed E-state index contributed by atoms with van der Waals surface area (Å²) >= 11 is 5.46. The average molecular weight is 282 g/mol. The Balaban J connectivity index is 3.01. The van der Waals surface area contributed by atoms with Crippen LogP contribution < -0.4 is 5.73 Å². The molecule has 0 aliphatic carbocycles. The van der Waals surface area contributed by atoms with Gasteiger partial charge in [0.1, 0.15) is 11.9 Å². The molecule has 100 valence electrons. The summed E-state index contributed by atoms with van der Waals surface area (Å²) in [6, 6.07) is 0.946. The Labute approximate surface area is 107 Å². The second kappa shape index (κ2) is 5.58. The number of hydrogen-bond donors (Lipinski definition) is 1. The summed E-state index contributed by atoms with van der Waals surface area (Å²) in [5, 5.41) is -0.345. The third kappa shape index (κ3) is 2.94. The Bertz CT molecular complexity index is 454. The zero-order chi connectivity index (χ0) is 13.9. The molecule has 0 radical (unpaired) electrons. The van der Waals surface area contributed by atoms with Gasteiger partial charge in [-0.3, -0.25) is 0 Å². The number of carbonyl (C=O) groups is 1. The lowest BCUT2D eigenvalue weighted by Crippen LogP contribution is -2.41. The molecule has 3 nitrogen and oxygen atoms in total. The summed E-state index contributed by atoms with van der Waals surface area (Å²) in [6.45, 7) is 1.21. The van der Waals surface area contributed by atoms with Crippen LogP contribution in [0.15, 0.2) is 18.2 Å². The minimum Gasteiger partial charge on any atom is -0.462 e. The zero-order valence-electron chi connectivity index (χ0n) is 9.42. The van der Waals surface area contributed by atoms with Gasteiger partial charge in [0.2, 0.25) is 0 Å². The zero-order valence-corrected chi connectivity index (χ0v) is 10.2. The van der Waals surface area contributed by atoms with Crippen LogP contribution in [0, 0.1) is 5.82 Å². The van der Waals surface area contributed by atoms with Crippen molar-refractivity contribution in [1.82, 2.24) is 0 Å².